The maximum Gasteiger partial charge on any atom is 0.404 e. The summed E-state index contributed by atoms with van der Waals surface area (Å²) in [6.07, 6.45) is -0.0125. The molecule has 2 saturated heterocycles. The van der Waals surface area contributed by atoms with E-state index in [2.05, 4.69) is 15.3 Å². The third kappa shape index (κ3) is 2.25. The van der Waals surface area contributed by atoms with Gasteiger partial charge in [0.15, 0.2) is 0 Å². The van der Waals surface area contributed by atoms with Gasteiger partial charge in [-0.1, -0.05) is 5.16 Å². The monoisotopic (exact) mass is 255 g/mol. The lowest BCUT2D eigenvalue weighted by Crippen LogP contribution is -2.65. The summed E-state index contributed by atoms with van der Waals surface area (Å²) in [6.45, 7) is 2.77. The highest BCUT2D eigenvalue weighted by atomic mass is 16.6. The molecule has 2 N–H and O–H groups in total. The summed E-state index contributed by atoms with van der Waals surface area (Å²) in [4.78, 5) is 28.9. The number of carbonyl (C=O) groups is 2. The molecule has 0 radical (unpaired) electrons. The van der Waals surface area contributed by atoms with Gasteiger partial charge in [-0.25, -0.2) is 4.79 Å². The number of nitrogens with one attached hydrogen (secondary N) is 1. The average molecular weight is 255 g/mol. The fourth-order valence-electron chi connectivity index (χ4n) is 2.84. The predicted octanol–water partition coefficient (Wildman–Crippen LogP) is 0.123. The Kier molecular flexibility index (Phi) is 3.40. The van der Waals surface area contributed by atoms with E-state index in [1.165, 1.54) is 7.11 Å². The summed E-state index contributed by atoms with van der Waals surface area (Å²) < 4.78 is 0. The molecule has 2 bridgehead atoms. The maximum atomic E-state index is 12.0. The molecule has 3 fully saturated rings. The number of rotatable bonds is 3. The molecule has 0 aromatic heterocycles. The molecular formula is C11H17N3O4. The summed E-state index contributed by atoms with van der Waals surface area (Å²) in [6, 6.07) is -0.00813. The Bertz CT molecular complexity index is 384. The van der Waals surface area contributed by atoms with Crippen molar-refractivity contribution in [3.05, 3.63) is 0 Å². The van der Waals surface area contributed by atoms with Gasteiger partial charge >= 0.3 is 6.09 Å². The second kappa shape index (κ2) is 4.83. The molecule has 7 heteroatoms. The van der Waals surface area contributed by atoms with Gasteiger partial charge in [-0.2, -0.15) is 0 Å². The maximum absolute atomic E-state index is 12.0. The number of amides is 2. The van der Waals surface area contributed by atoms with E-state index >= 15 is 0 Å². The number of hydrogen-bond acceptors (Lipinski definition) is 4. The summed E-state index contributed by atoms with van der Waals surface area (Å²) in [5, 5.41) is 14.9. The Morgan fingerprint density at radius 1 is 1.39 bits per heavy atom. The van der Waals surface area contributed by atoms with Gasteiger partial charge in [0.25, 0.3) is 5.91 Å². The van der Waals surface area contributed by atoms with E-state index in [1.54, 1.807) is 11.8 Å². The van der Waals surface area contributed by atoms with Crippen molar-refractivity contribution in [3.63, 3.8) is 0 Å². The molecule has 2 amide bonds. The van der Waals surface area contributed by atoms with Crippen molar-refractivity contribution in [2.24, 2.45) is 17.0 Å². The molecular weight excluding hydrogens is 238 g/mol. The van der Waals surface area contributed by atoms with Crippen LogP contribution in [-0.2, 0) is 9.63 Å². The van der Waals surface area contributed by atoms with Crippen molar-refractivity contribution in [1.82, 2.24) is 10.2 Å². The molecule has 2 heterocycles. The first-order valence-electron chi connectivity index (χ1n) is 5.89. The first-order chi connectivity index (χ1) is 8.52. The number of nitrogens with zero attached hydrogens (tertiary/aromatic N) is 2. The number of carbonyl (C=O) groups excluding carboxylic acids is 1. The van der Waals surface area contributed by atoms with Crippen LogP contribution < -0.4 is 5.32 Å². The molecule has 7 nitrogen and oxygen atoms in total. The fourth-order valence-corrected chi connectivity index (χ4v) is 2.84. The van der Waals surface area contributed by atoms with Gasteiger partial charge in [-0.3, -0.25) is 4.79 Å². The lowest BCUT2D eigenvalue weighted by atomic mass is 9.66. The average Bonchev–Trinajstić information content (AvgIpc) is 2.35. The van der Waals surface area contributed by atoms with Crippen molar-refractivity contribution in [2.45, 2.75) is 19.4 Å². The summed E-state index contributed by atoms with van der Waals surface area (Å²) in [5.74, 6) is 0.304. The summed E-state index contributed by atoms with van der Waals surface area (Å²) in [7, 11) is 1.40. The van der Waals surface area contributed by atoms with E-state index in [-0.39, 0.29) is 23.8 Å². The van der Waals surface area contributed by atoms with Crippen LogP contribution in [0.15, 0.2) is 5.16 Å². The van der Waals surface area contributed by atoms with Gasteiger partial charge in [-0.05, 0) is 25.2 Å². The molecule has 3 rings (SSSR count). The topological polar surface area (TPSA) is 91.2 Å². The largest absolute Gasteiger partial charge is 0.465 e. The van der Waals surface area contributed by atoms with Crippen molar-refractivity contribution >= 4 is 17.7 Å². The van der Waals surface area contributed by atoms with Crippen LogP contribution in [0, 0.1) is 11.8 Å². The number of hydrogen-bond donors (Lipinski definition) is 2. The minimum absolute atomic E-state index is 0.00813. The van der Waals surface area contributed by atoms with Crippen LogP contribution in [0.1, 0.15) is 13.3 Å². The zero-order chi connectivity index (χ0) is 13.3. The normalized spacial score (nSPS) is 30.4. The van der Waals surface area contributed by atoms with Crippen molar-refractivity contribution in [1.29, 1.82) is 0 Å². The third-order valence-electron chi connectivity index (χ3n) is 3.65. The molecule has 2 aliphatic heterocycles. The minimum Gasteiger partial charge on any atom is -0.465 e. The number of carboxylic acid groups (broad SMARTS) is 1. The Morgan fingerprint density at radius 2 is 2.00 bits per heavy atom. The van der Waals surface area contributed by atoms with E-state index in [1.807, 2.05) is 0 Å². The van der Waals surface area contributed by atoms with Crippen molar-refractivity contribution in [3.8, 4) is 0 Å². The smallest absolute Gasteiger partial charge is 0.404 e. The Hall–Kier alpha value is -1.79. The molecule has 2 unspecified atom stereocenters. The van der Waals surface area contributed by atoms with Gasteiger partial charge in [0.05, 0.1) is 0 Å². The molecule has 100 valence electrons. The van der Waals surface area contributed by atoms with E-state index in [0.29, 0.717) is 18.8 Å². The fraction of sp³-hybridized carbons (Fsp3) is 0.727. The Balaban J connectivity index is 1.93. The molecule has 0 aromatic rings. The van der Waals surface area contributed by atoms with Crippen LogP contribution in [0.5, 0.6) is 0 Å². The van der Waals surface area contributed by atoms with Crippen LogP contribution in [0.3, 0.4) is 0 Å². The van der Waals surface area contributed by atoms with E-state index < -0.39 is 6.09 Å². The number of fused-ring (bicyclic) bond motifs is 2. The van der Waals surface area contributed by atoms with E-state index in [0.717, 1.165) is 6.42 Å². The van der Waals surface area contributed by atoms with Crippen molar-refractivity contribution < 1.29 is 19.5 Å². The van der Waals surface area contributed by atoms with E-state index in [4.69, 9.17) is 5.11 Å². The first-order valence-corrected chi connectivity index (χ1v) is 5.89. The van der Waals surface area contributed by atoms with Crippen LogP contribution >= 0.6 is 0 Å². The van der Waals surface area contributed by atoms with Gasteiger partial charge < -0.3 is 20.2 Å². The SMILES string of the molecule is CON=C(C)C(=O)N1CC2CC(C1)C2NC(=O)O. The quantitative estimate of drug-likeness (QED) is 0.553. The van der Waals surface area contributed by atoms with Gasteiger partial charge in [0, 0.05) is 19.1 Å². The lowest BCUT2D eigenvalue weighted by Gasteiger charge is -2.53. The Labute approximate surface area is 105 Å². The van der Waals surface area contributed by atoms with Gasteiger partial charge in [0.1, 0.15) is 12.8 Å². The lowest BCUT2D eigenvalue weighted by molar-refractivity contribution is -0.132. The summed E-state index contributed by atoms with van der Waals surface area (Å²) >= 11 is 0. The molecule has 1 aliphatic carbocycles. The molecule has 2 atom stereocenters. The molecule has 0 aromatic carbocycles. The van der Waals surface area contributed by atoms with Crippen LogP contribution in [0.4, 0.5) is 4.79 Å². The zero-order valence-electron chi connectivity index (χ0n) is 10.4. The number of piperidine rings is 2. The third-order valence-corrected chi connectivity index (χ3v) is 3.65. The van der Waals surface area contributed by atoms with Gasteiger partial charge in [0.2, 0.25) is 0 Å². The molecule has 1 saturated carbocycles. The highest BCUT2D eigenvalue weighted by Gasteiger charge is 2.48. The van der Waals surface area contributed by atoms with Crippen molar-refractivity contribution in [2.75, 3.05) is 20.2 Å². The summed E-state index contributed by atoms with van der Waals surface area (Å²) in [5.41, 5.74) is 0.321. The van der Waals surface area contributed by atoms with Gasteiger partial charge in [-0.15, -0.1) is 0 Å². The predicted molar refractivity (Wildman–Crippen MR) is 63.2 cm³/mol. The highest BCUT2D eigenvalue weighted by molar-refractivity contribution is 6.37. The second-order valence-electron chi connectivity index (χ2n) is 4.80. The Morgan fingerprint density at radius 3 is 2.50 bits per heavy atom. The molecule has 3 aliphatic rings. The highest BCUT2D eigenvalue weighted by Crippen LogP contribution is 2.40. The first kappa shape index (κ1) is 12.7. The second-order valence-corrected chi connectivity index (χ2v) is 4.80. The molecule has 0 spiro atoms. The van der Waals surface area contributed by atoms with Crippen LogP contribution in [0.25, 0.3) is 0 Å². The number of oxime groups is 1. The van der Waals surface area contributed by atoms with Crippen LogP contribution in [-0.4, -0.2) is 54.0 Å². The zero-order valence-corrected chi connectivity index (χ0v) is 10.4. The van der Waals surface area contributed by atoms with Crippen LogP contribution in [0.2, 0.25) is 0 Å². The minimum atomic E-state index is -0.994. The standard InChI is InChI=1S/C11H17N3O4/c1-6(13-18-2)10(15)14-4-7-3-8(5-14)9(7)12-11(16)17/h7-9,12H,3-5H2,1-2H3,(H,16,17). The molecule has 18 heavy (non-hydrogen) atoms. The van der Waals surface area contributed by atoms with E-state index in [9.17, 15) is 9.59 Å².